The molecule has 26 heavy (non-hydrogen) atoms. The van der Waals surface area contributed by atoms with E-state index in [1.54, 1.807) is 12.1 Å². The Balaban J connectivity index is 0.00000243. The second-order valence-electron chi connectivity index (χ2n) is 6.72. The highest BCUT2D eigenvalue weighted by Crippen LogP contribution is 2.27. The van der Waals surface area contributed by atoms with Crippen LogP contribution in [0.2, 0.25) is 0 Å². The van der Waals surface area contributed by atoms with Gasteiger partial charge in [0.2, 0.25) is 0 Å². The number of aromatic nitrogens is 2. The van der Waals surface area contributed by atoms with Crippen molar-refractivity contribution >= 4 is 18.3 Å². The molecule has 2 aromatic rings. The van der Waals surface area contributed by atoms with Gasteiger partial charge < -0.3 is 10.6 Å². The molecule has 1 fully saturated rings. The van der Waals surface area contributed by atoms with Gasteiger partial charge in [-0.05, 0) is 42.6 Å². The predicted molar refractivity (Wildman–Crippen MR) is 97.8 cm³/mol. The molecule has 8 heteroatoms. The summed E-state index contributed by atoms with van der Waals surface area (Å²) in [6.45, 7) is 5.35. The summed E-state index contributed by atoms with van der Waals surface area (Å²) in [5.41, 5.74) is 1.91. The number of amides is 1. The molecule has 2 atom stereocenters. The molecular formula is C18H23ClF2N4O. The summed E-state index contributed by atoms with van der Waals surface area (Å²) in [5.74, 6) is -1.83. The van der Waals surface area contributed by atoms with Crippen LogP contribution in [0.1, 0.15) is 53.8 Å². The van der Waals surface area contributed by atoms with Gasteiger partial charge in [-0.2, -0.15) is 5.10 Å². The first kappa shape index (κ1) is 20.3. The molecule has 0 saturated carbocycles. The molecular weight excluding hydrogens is 362 g/mol. The van der Waals surface area contributed by atoms with E-state index >= 15 is 0 Å². The Bertz CT molecular complexity index is 765. The maximum Gasteiger partial charge on any atom is 0.272 e. The zero-order valence-corrected chi connectivity index (χ0v) is 15.5. The van der Waals surface area contributed by atoms with Gasteiger partial charge in [0.1, 0.15) is 5.69 Å². The number of hydrogen-bond acceptors (Lipinski definition) is 3. The topological polar surface area (TPSA) is 69.8 Å². The molecule has 1 aromatic carbocycles. The number of hydrogen-bond donors (Lipinski definition) is 3. The lowest BCUT2D eigenvalue weighted by Crippen LogP contribution is -2.50. The van der Waals surface area contributed by atoms with Crippen LogP contribution >= 0.6 is 12.4 Å². The highest BCUT2D eigenvalue weighted by atomic mass is 35.5. The summed E-state index contributed by atoms with van der Waals surface area (Å²) in [4.78, 5) is 12.5. The Morgan fingerprint density at radius 1 is 1.27 bits per heavy atom. The van der Waals surface area contributed by atoms with Crippen LogP contribution in [0.25, 0.3) is 0 Å². The maximum absolute atomic E-state index is 13.6. The number of nitrogens with zero attached hydrogens (tertiary/aromatic N) is 1. The van der Waals surface area contributed by atoms with Crippen molar-refractivity contribution in [2.45, 2.75) is 38.1 Å². The number of H-pyrrole nitrogens is 1. The molecule has 3 N–H and O–H groups in total. The Morgan fingerprint density at radius 3 is 2.69 bits per heavy atom. The third-order valence-electron chi connectivity index (χ3n) is 4.62. The van der Waals surface area contributed by atoms with Gasteiger partial charge in [-0.1, -0.05) is 19.9 Å². The predicted octanol–water partition coefficient (Wildman–Crippen LogP) is 3.11. The molecule has 0 radical (unpaired) electrons. The number of halogens is 3. The standard InChI is InChI=1S/C18H22F2N4O.ClH/c1-10(2)15-8-16(24-23-15)18(25)22-17-9-21-6-5-12(17)11-3-4-13(19)14(20)7-11;/h3-4,7-8,10,12,17,21H,5-6,9H2,1-2H3,(H,22,25)(H,23,24);1H. The van der Waals surface area contributed by atoms with E-state index in [1.807, 2.05) is 13.8 Å². The molecule has 1 aliphatic heterocycles. The largest absolute Gasteiger partial charge is 0.346 e. The van der Waals surface area contributed by atoms with Gasteiger partial charge in [0, 0.05) is 24.2 Å². The monoisotopic (exact) mass is 384 g/mol. The lowest BCUT2D eigenvalue weighted by molar-refractivity contribution is 0.0919. The van der Waals surface area contributed by atoms with Crippen LogP contribution in [0.5, 0.6) is 0 Å². The molecule has 2 unspecified atom stereocenters. The van der Waals surface area contributed by atoms with Gasteiger partial charge >= 0.3 is 0 Å². The van der Waals surface area contributed by atoms with Crippen molar-refractivity contribution in [2.24, 2.45) is 0 Å². The molecule has 1 aromatic heterocycles. The van der Waals surface area contributed by atoms with Crippen molar-refractivity contribution in [3.05, 3.63) is 52.9 Å². The number of benzene rings is 1. The molecule has 0 aliphatic carbocycles. The molecule has 142 valence electrons. The van der Waals surface area contributed by atoms with Crippen molar-refractivity contribution in [1.82, 2.24) is 20.8 Å². The molecule has 3 rings (SSSR count). The quantitative estimate of drug-likeness (QED) is 0.758. The zero-order valence-electron chi connectivity index (χ0n) is 14.7. The van der Waals surface area contributed by atoms with E-state index < -0.39 is 11.6 Å². The third-order valence-corrected chi connectivity index (χ3v) is 4.62. The number of nitrogens with one attached hydrogen (secondary N) is 3. The SMILES string of the molecule is CC(C)c1cc(C(=O)NC2CNCCC2c2ccc(F)c(F)c2)n[nH]1.Cl. The summed E-state index contributed by atoms with van der Waals surface area (Å²) in [6.07, 6.45) is 0.730. The highest BCUT2D eigenvalue weighted by Gasteiger charge is 2.29. The van der Waals surface area contributed by atoms with Crippen LogP contribution < -0.4 is 10.6 Å². The van der Waals surface area contributed by atoms with Crippen molar-refractivity contribution in [1.29, 1.82) is 0 Å². The first-order chi connectivity index (χ1) is 12.0. The fourth-order valence-electron chi connectivity index (χ4n) is 3.14. The minimum Gasteiger partial charge on any atom is -0.346 e. The van der Waals surface area contributed by atoms with Gasteiger partial charge in [0.25, 0.3) is 5.91 Å². The third kappa shape index (κ3) is 4.40. The van der Waals surface area contributed by atoms with E-state index in [0.29, 0.717) is 17.8 Å². The molecule has 2 heterocycles. The van der Waals surface area contributed by atoms with Crippen LogP contribution in [0.15, 0.2) is 24.3 Å². The zero-order chi connectivity index (χ0) is 18.0. The Labute approximate surface area is 157 Å². The fraction of sp³-hybridized carbons (Fsp3) is 0.444. The minimum absolute atomic E-state index is 0. The molecule has 0 bridgehead atoms. The van der Waals surface area contributed by atoms with E-state index in [9.17, 15) is 13.6 Å². The van der Waals surface area contributed by atoms with Crippen LogP contribution in [0, 0.1) is 11.6 Å². The van der Waals surface area contributed by atoms with E-state index in [-0.39, 0.29) is 36.2 Å². The first-order valence-electron chi connectivity index (χ1n) is 8.47. The number of carbonyl (C=O) groups is 1. The number of rotatable bonds is 4. The summed E-state index contributed by atoms with van der Waals surface area (Å²) in [7, 11) is 0. The van der Waals surface area contributed by atoms with E-state index in [4.69, 9.17) is 0 Å². The van der Waals surface area contributed by atoms with Crippen molar-refractivity contribution in [3.63, 3.8) is 0 Å². The normalized spacial score (nSPS) is 19.9. The molecule has 0 spiro atoms. The molecule has 1 aliphatic rings. The molecule has 5 nitrogen and oxygen atoms in total. The number of piperidine rings is 1. The number of carbonyl (C=O) groups excluding carboxylic acids is 1. The minimum atomic E-state index is -0.866. The molecule has 1 saturated heterocycles. The Morgan fingerprint density at radius 2 is 2.04 bits per heavy atom. The first-order valence-corrected chi connectivity index (χ1v) is 8.47. The highest BCUT2D eigenvalue weighted by molar-refractivity contribution is 5.92. The van der Waals surface area contributed by atoms with Crippen LogP contribution in [0.3, 0.4) is 0 Å². The Hall–Kier alpha value is -1.99. The van der Waals surface area contributed by atoms with Gasteiger partial charge in [-0.15, -0.1) is 12.4 Å². The van der Waals surface area contributed by atoms with Crippen molar-refractivity contribution in [2.75, 3.05) is 13.1 Å². The van der Waals surface area contributed by atoms with Gasteiger partial charge in [0.15, 0.2) is 11.6 Å². The average Bonchev–Trinajstić information content (AvgIpc) is 3.08. The lowest BCUT2D eigenvalue weighted by Gasteiger charge is -2.33. The lowest BCUT2D eigenvalue weighted by atomic mass is 9.86. The average molecular weight is 385 g/mol. The van der Waals surface area contributed by atoms with Crippen LogP contribution in [0.4, 0.5) is 8.78 Å². The molecule has 1 amide bonds. The van der Waals surface area contributed by atoms with Gasteiger partial charge in [-0.3, -0.25) is 9.89 Å². The Kier molecular flexibility index (Phi) is 6.72. The summed E-state index contributed by atoms with van der Waals surface area (Å²) < 4.78 is 26.8. The van der Waals surface area contributed by atoms with E-state index in [1.165, 1.54) is 6.07 Å². The second-order valence-corrected chi connectivity index (χ2v) is 6.72. The fourth-order valence-corrected chi connectivity index (χ4v) is 3.14. The van der Waals surface area contributed by atoms with E-state index in [0.717, 1.165) is 24.7 Å². The summed E-state index contributed by atoms with van der Waals surface area (Å²) in [5, 5.41) is 13.1. The van der Waals surface area contributed by atoms with Gasteiger partial charge in [0.05, 0.1) is 0 Å². The number of aromatic amines is 1. The van der Waals surface area contributed by atoms with Gasteiger partial charge in [-0.25, -0.2) is 8.78 Å². The van der Waals surface area contributed by atoms with Crippen LogP contribution in [-0.2, 0) is 0 Å². The van der Waals surface area contributed by atoms with E-state index in [2.05, 4.69) is 20.8 Å². The summed E-state index contributed by atoms with van der Waals surface area (Å²) in [6, 6.07) is 5.46. The van der Waals surface area contributed by atoms with Crippen molar-refractivity contribution in [3.8, 4) is 0 Å². The van der Waals surface area contributed by atoms with Crippen LogP contribution in [-0.4, -0.2) is 35.2 Å². The smallest absolute Gasteiger partial charge is 0.272 e. The maximum atomic E-state index is 13.6. The van der Waals surface area contributed by atoms with Crippen molar-refractivity contribution < 1.29 is 13.6 Å². The summed E-state index contributed by atoms with van der Waals surface area (Å²) >= 11 is 0. The second kappa shape index (κ2) is 8.60.